The largest absolute Gasteiger partial charge is 0.547 e. The molecule has 0 bridgehead atoms. The van der Waals surface area contributed by atoms with Crippen molar-refractivity contribution < 1.29 is 43.5 Å². The molecule has 0 unspecified atom stereocenters. The van der Waals surface area contributed by atoms with Crippen LogP contribution < -0.4 is 25.9 Å². The molecule has 3 atom stereocenters. The van der Waals surface area contributed by atoms with Crippen LogP contribution in [0.15, 0.2) is 42.5 Å². The molecule has 2 aliphatic heterocycles. The Morgan fingerprint density at radius 3 is 2.47 bits per heavy atom. The predicted molar refractivity (Wildman–Crippen MR) is 128 cm³/mol. The van der Waals surface area contributed by atoms with E-state index in [4.69, 9.17) is 4.65 Å². The first kappa shape index (κ1) is 25.9. The highest BCUT2D eigenvalue weighted by Crippen LogP contribution is 2.33. The Morgan fingerprint density at radius 1 is 1.14 bits per heavy atom. The number of carboxylic acid groups (broad SMARTS) is 1. The number of amides is 2. The van der Waals surface area contributed by atoms with Gasteiger partial charge in [-0.25, -0.2) is 4.79 Å². The highest BCUT2D eigenvalue weighted by atomic mass is 31.2. The fourth-order valence-corrected chi connectivity index (χ4v) is 4.83. The molecule has 0 radical (unpaired) electrons. The summed E-state index contributed by atoms with van der Waals surface area (Å²) in [6.07, 6.45) is 1.47. The zero-order valence-electron chi connectivity index (χ0n) is 19.0. The summed E-state index contributed by atoms with van der Waals surface area (Å²) in [6, 6.07) is 7.81. The minimum atomic E-state index is -4.51. The van der Waals surface area contributed by atoms with E-state index in [1.807, 2.05) is 0 Å². The summed E-state index contributed by atoms with van der Waals surface area (Å²) in [6.45, 7) is 0.662. The van der Waals surface area contributed by atoms with Crippen molar-refractivity contribution in [2.24, 2.45) is 0 Å². The number of rotatable bonds is 7. The number of hydrogen-bond donors (Lipinski definition) is 7. The Bertz CT molecular complexity index is 1210. The second-order valence-electron chi connectivity index (χ2n) is 8.65. The third-order valence-corrected chi connectivity index (χ3v) is 7.14. The molecule has 12 nitrogen and oxygen atoms in total. The lowest BCUT2D eigenvalue weighted by molar-refractivity contribution is -0.130. The van der Waals surface area contributed by atoms with Gasteiger partial charge in [-0.3, -0.25) is 14.2 Å². The Balaban J connectivity index is 1.56. The van der Waals surface area contributed by atoms with Gasteiger partial charge in [-0.15, -0.1) is 0 Å². The van der Waals surface area contributed by atoms with Gasteiger partial charge in [-0.2, -0.15) is 0 Å². The third-order valence-electron chi connectivity index (χ3n) is 6.17. The maximum Gasteiger partial charge on any atom is 0.547 e. The number of hydrogen-bond acceptors (Lipinski definition) is 7. The lowest BCUT2D eigenvalue weighted by atomic mass is 9.72. The van der Waals surface area contributed by atoms with Gasteiger partial charge < -0.3 is 40.5 Å². The monoisotopic (exact) mass is 517 g/mol. The van der Waals surface area contributed by atoms with Crippen LogP contribution in [-0.2, 0) is 20.6 Å². The van der Waals surface area contributed by atoms with Crippen LogP contribution in [0.4, 0.5) is 0 Å². The van der Waals surface area contributed by atoms with Crippen molar-refractivity contribution in [1.82, 2.24) is 16.0 Å². The van der Waals surface area contributed by atoms with Crippen LogP contribution in [0.2, 0.25) is 0 Å². The third kappa shape index (κ3) is 5.61. The number of carbonyl (C=O) groups excluding carboxylic acids is 2. The van der Waals surface area contributed by atoms with Crippen molar-refractivity contribution >= 4 is 37.8 Å². The minimum Gasteiger partial charge on any atom is -0.534 e. The first-order chi connectivity index (χ1) is 17.0. The molecule has 2 amide bonds. The van der Waals surface area contributed by atoms with Crippen molar-refractivity contribution in [2.75, 3.05) is 6.54 Å². The summed E-state index contributed by atoms with van der Waals surface area (Å²) in [4.78, 5) is 56.3. The van der Waals surface area contributed by atoms with Gasteiger partial charge in [-0.05, 0) is 55.1 Å². The Hall–Kier alpha value is -3.22. The molecule has 190 valence electrons. The smallest absolute Gasteiger partial charge is 0.534 e. The van der Waals surface area contributed by atoms with Gasteiger partial charge in [-0.1, -0.05) is 24.3 Å². The number of carboxylic acids is 1. The van der Waals surface area contributed by atoms with Crippen LogP contribution in [-0.4, -0.2) is 63.3 Å². The molecule has 2 heterocycles. The number of benzene rings is 2. The number of nitrogens with one attached hydrogen (secondary N) is 3. The zero-order valence-corrected chi connectivity index (χ0v) is 19.9. The average molecular weight is 517 g/mol. The summed E-state index contributed by atoms with van der Waals surface area (Å²) in [5, 5.41) is 28.0. The number of aromatic carboxylic acids is 1. The minimum absolute atomic E-state index is 0.0215. The molecular formula is C22H25BN3O9P. The Labute approximate surface area is 206 Å². The molecule has 2 aliphatic rings. The predicted octanol–water partition coefficient (Wildman–Crippen LogP) is -0.763. The number of para-hydroxylation sites is 1. The first-order valence-corrected chi connectivity index (χ1v) is 12.9. The molecule has 0 spiro atoms. The molecule has 14 heteroatoms. The van der Waals surface area contributed by atoms with E-state index < -0.39 is 50.5 Å². The van der Waals surface area contributed by atoms with E-state index in [9.17, 15) is 38.9 Å². The van der Waals surface area contributed by atoms with E-state index in [0.29, 0.717) is 18.5 Å². The molecular weight excluding hydrogens is 492 g/mol. The van der Waals surface area contributed by atoms with Crippen LogP contribution in [0.3, 0.4) is 0 Å². The van der Waals surface area contributed by atoms with Crippen molar-refractivity contribution in [2.45, 2.75) is 37.3 Å². The number of carbonyl (C=O) groups is 3. The average Bonchev–Trinajstić information content (AvgIpc) is 3.37. The highest BCUT2D eigenvalue weighted by Gasteiger charge is 2.39. The van der Waals surface area contributed by atoms with Gasteiger partial charge in [0, 0.05) is 0 Å². The Morgan fingerprint density at radius 2 is 1.86 bits per heavy atom. The highest BCUT2D eigenvalue weighted by molar-refractivity contribution is 7.60. The van der Waals surface area contributed by atoms with Crippen LogP contribution >= 0.6 is 7.60 Å². The van der Waals surface area contributed by atoms with Gasteiger partial charge in [0.2, 0.25) is 11.8 Å². The van der Waals surface area contributed by atoms with Crippen LogP contribution in [0.25, 0.3) is 0 Å². The molecule has 0 saturated carbocycles. The second-order valence-corrected chi connectivity index (χ2v) is 10.3. The van der Waals surface area contributed by atoms with E-state index in [0.717, 1.165) is 6.42 Å². The molecule has 7 N–H and O–H groups in total. The first-order valence-electron chi connectivity index (χ1n) is 11.2. The summed E-state index contributed by atoms with van der Waals surface area (Å²) >= 11 is 0. The van der Waals surface area contributed by atoms with E-state index in [2.05, 4.69) is 16.0 Å². The maximum absolute atomic E-state index is 13.3. The van der Waals surface area contributed by atoms with E-state index in [1.54, 1.807) is 6.07 Å². The molecule has 1 saturated heterocycles. The van der Waals surface area contributed by atoms with Gasteiger partial charge in [0.25, 0.3) is 0 Å². The van der Waals surface area contributed by atoms with E-state index in [-0.39, 0.29) is 28.6 Å². The van der Waals surface area contributed by atoms with E-state index >= 15 is 0 Å². The standard InChI is InChI=1S/C22H25BN3O9P/c27-20(16-5-2-10-24-16)26-18(12-6-8-14(9-7-12)36(32,33)34)21(28)25-17-11-13-3-1-4-15(22(29)30)19(13)35-23(17)31/h1,3-4,6-9,16-18,24,31H,2,5,10-11H2,(H,25,28)(H,26,27)(H,29,30)(H2,32,33,34)/t16-,17-,18+/m0/s1. The topological polar surface area (TPSA) is 195 Å². The molecule has 0 aliphatic carbocycles. The van der Waals surface area contributed by atoms with Gasteiger partial charge in [0.1, 0.15) is 11.8 Å². The molecule has 2 aromatic carbocycles. The lowest BCUT2D eigenvalue weighted by Gasteiger charge is -2.30. The van der Waals surface area contributed by atoms with Crippen LogP contribution in [0.5, 0.6) is 5.75 Å². The van der Waals surface area contributed by atoms with Crippen LogP contribution in [0, 0.1) is 0 Å². The van der Waals surface area contributed by atoms with Gasteiger partial charge >= 0.3 is 20.7 Å². The molecule has 4 rings (SSSR count). The molecule has 1 fully saturated rings. The molecule has 2 aromatic rings. The van der Waals surface area contributed by atoms with Crippen molar-refractivity contribution in [1.29, 1.82) is 0 Å². The van der Waals surface area contributed by atoms with Crippen molar-refractivity contribution in [3.8, 4) is 5.75 Å². The SMILES string of the molecule is O=C(O)c1cccc2c1OB(O)[C@@H](NC(=O)[C@H](NC(=O)[C@@H]1CCCN1)c1ccc(P(=O)(O)O)cc1)C2. The summed E-state index contributed by atoms with van der Waals surface area (Å²) < 4.78 is 16.9. The summed E-state index contributed by atoms with van der Waals surface area (Å²) in [5.74, 6) is -3.25. The fraction of sp³-hybridized carbons (Fsp3) is 0.318. The van der Waals surface area contributed by atoms with Crippen molar-refractivity contribution in [3.63, 3.8) is 0 Å². The fourth-order valence-electron chi connectivity index (χ4n) is 4.29. The molecule has 0 aromatic heterocycles. The molecule has 36 heavy (non-hydrogen) atoms. The number of fused-ring (bicyclic) bond motifs is 1. The van der Waals surface area contributed by atoms with Crippen molar-refractivity contribution in [3.05, 3.63) is 59.2 Å². The lowest BCUT2D eigenvalue weighted by Crippen LogP contribution is -2.56. The van der Waals surface area contributed by atoms with E-state index in [1.165, 1.54) is 36.4 Å². The van der Waals surface area contributed by atoms with Gasteiger partial charge in [0.05, 0.1) is 22.9 Å². The normalized spacial score (nSPS) is 20.1. The van der Waals surface area contributed by atoms with Gasteiger partial charge in [0.15, 0.2) is 0 Å². The van der Waals surface area contributed by atoms with Crippen LogP contribution in [0.1, 0.15) is 40.4 Å². The summed E-state index contributed by atoms with van der Waals surface area (Å²) in [5.41, 5.74) is 0.638. The zero-order chi connectivity index (χ0) is 26.0. The maximum atomic E-state index is 13.3. The Kier molecular flexibility index (Phi) is 7.48. The quantitative estimate of drug-likeness (QED) is 0.181. The second kappa shape index (κ2) is 10.4. The summed E-state index contributed by atoms with van der Waals surface area (Å²) in [7, 11) is -6.05.